The summed E-state index contributed by atoms with van der Waals surface area (Å²) >= 11 is 0. The molecule has 0 spiro atoms. The largest absolute Gasteiger partial charge is 0.306 e. The van der Waals surface area contributed by atoms with Crippen LogP contribution in [-0.4, -0.2) is 14.4 Å². The number of nitrogens with zero attached hydrogens (tertiary/aromatic N) is 3. The van der Waals surface area contributed by atoms with Gasteiger partial charge >= 0.3 is 0 Å². The van der Waals surface area contributed by atoms with Crippen molar-refractivity contribution in [2.75, 3.05) is 0 Å². The first-order valence-electron chi connectivity index (χ1n) is 6.02. The van der Waals surface area contributed by atoms with Crippen molar-refractivity contribution < 1.29 is 0 Å². The zero-order valence-corrected chi connectivity index (χ0v) is 10.8. The number of aryl methyl sites for hydroxylation is 3. The first-order valence-corrected chi connectivity index (χ1v) is 6.02. The van der Waals surface area contributed by atoms with Gasteiger partial charge in [-0.1, -0.05) is 0 Å². The van der Waals surface area contributed by atoms with Crippen LogP contribution in [0.2, 0.25) is 0 Å². The van der Waals surface area contributed by atoms with Crippen molar-refractivity contribution in [3.63, 3.8) is 0 Å². The van der Waals surface area contributed by atoms with Gasteiger partial charge in [-0.05, 0) is 44.0 Å². The van der Waals surface area contributed by atoms with Crippen molar-refractivity contribution in [3.05, 3.63) is 53.7 Å². The molecule has 0 aliphatic carbocycles. The summed E-state index contributed by atoms with van der Waals surface area (Å²) in [7, 11) is 0. The van der Waals surface area contributed by atoms with Crippen LogP contribution < -0.4 is 0 Å². The average Bonchev–Trinajstić information content (AvgIpc) is 2.77. The van der Waals surface area contributed by atoms with Gasteiger partial charge in [-0.15, -0.1) is 0 Å². The van der Waals surface area contributed by atoms with Crippen LogP contribution in [0.4, 0.5) is 0 Å². The molecule has 3 aromatic rings. The molecule has 3 aromatic heterocycles. The quantitative estimate of drug-likeness (QED) is 0.650. The fourth-order valence-electron chi connectivity index (χ4n) is 2.47. The first-order chi connectivity index (χ1) is 8.66. The molecular weight excluding hydrogens is 222 g/mol. The van der Waals surface area contributed by atoms with Gasteiger partial charge in [-0.2, -0.15) is 0 Å². The van der Waals surface area contributed by atoms with Crippen molar-refractivity contribution in [1.82, 2.24) is 14.4 Å². The Bertz CT molecular complexity index is 705. The summed E-state index contributed by atoms with van der Waals surface area (Å²) < 4.78 is 2.07. The molecule has 0 aromatic carbocycles. The van der Waals surface area contributed by atoms with Crippen LogP contribution in [0.5, 0.6) is 0 Å². The number of rotatable bonds is 1. The SMILES string of the molecule is Cc1ccnc(C)c1-c1cc(C)c2nccn2c1. The summed E-state index contributed by atoms with van der Waals surface area (Å²) in [4.78, 5) is 8.73. The topological polar surface area (TPSA) is 30.2 Å². The average molecular weight is 237 g/mol. The molecule has 3 rings (SSSR count). The summed E-state index contributed by atoms with van der Waals surface area (Å²) in [5.74, 6) is 0. The molecule has 0 fully saturated rings. The van der Waals surface area contributed by atoms with E-state index in [9.17, 15) is 0 Å². The second kappa shape index (κ2) is 3.95. The number of hydrogen-bond donors (Lipinski definition) is 0. The summed E-state index contributed by atoms with van der Waals surface area (Å²) in [6.45, 7) is 6.26. The van der Waals surface area contributed by atoms with Gasteiger partial charge in [-0.25, -0.2) is 4.98 Å². The van der Waals surface area contributed by atoms with Gasteiger partial charge in [0.05, 0.1) is 0 Å². The Morgan fingerprint density at radius 3 is 2.61 bits per heavy atom. The minimum Gasteiger partial charge on any atom is -0.306 e. The lowest BCUT2D eigenvalue weighted by atomic mass is 10.00. The van der Waals surface area contributed by atoms with Gasteiger partial charge in [-0.3, -0.25) is 4.98 Å². The molecule has 0 radical (unpaired) electrons. The van der Waals surface area contributed by atoms with Gasteiger partial charge in [0.25, 0.3) is 0 Å². The fourth-order valence-corrected chi connectivity index (χ4v) is 2.47. The van der Waals surface area contributed by atoms with E-state index in [0.29, 0.717) is 0 Å². The zero-order chi connectivity index (χ0) is 12.7. The third-order valence-electron chi connectivity index (χ3n) is 3.31. The molecule has 0 N–H and O–H groups in total. The first kappa shape index (κ1) is 11.0. The summed E-state index contributed by atoms with van der Waals surface area (Å²) in [6, 6.07) is 4.23. The van der Waals surface area contributed by atoms with E-state index in [2.05, 4.69) is 53.5 Å². The summed E-state index contributed by atoms with van der Waals surface area (Å²) in [5.41, 5.74) is 6.92. The van der Waals surface area contributed by atoms with Crippen molar-refractivity contribution in [2.45, 2.75) is 20.8 Å². The normalized spacial score (nSPS) is 11.1. The maximum atomic E-state index is 4.39. The second-order valence-corrected chi connectivity index (χ2v) is 4.66. The Morgan fingerprint density at radius 1 is 1.00 bits per heavy atom. The molecule has 90 valence electrons. The third kappa shape index (κ3) is 1.59. The van der Waals surface area contributed by atoms with E-state index in [4.69, 9.17) is 0 Å². The van der Waals surface area contributed by atoms with Crippen LogP contribution in [0.3, 0.4) is 0 Å². The summed E-state index contributed by atoms with van der Waals surface area (Å²) in [5, 5.41) is 0. The number of aromatic nitrogens is 3. The minimum absolute atomic E-state index is 1.01. The van der Waals surface area contributed by atoms with E-state index in [1.54, 1.807) is 0 Å². The van der Waals surface area contributed by atoms with Gasteiger partial charge in [0.1, 0.15) is 5.65 Å². The van der Waals surface area contributed by atoms with E-state index in [-0.39, 0.29) is 0 Å². The van der Waals surface area contributed by atoms with E-state index < -0.39 is 0 Å². The van der Waals surface area contributed by atoms with Crippen LogP contribution in [-0.2, 0) is 0 Å². The lowest BCUT2D eigenvalue weighted by Crippen LogP contribution is -1.95. The standard InChI is InChI=1S/C15H15N3/c1-10-4-5-16-12(3)14(10)13-8-11(2)15-17-6-7-18(15)9-13/h4-9H,1-3H3. The fraction of sp³-hybridized carbons (Fsp3) is 0.200. The Hall–Kier alpha value is -2.16. The van der Waals surface area contributed by atoms with Crippen LogP contribution in [0.15, 0.2) is 36.9 Å². The molecule has 3 heteroatoms. The smallest absolute Gasteiger partial charge is 0.139 e. The predicted molar refractivity (Wildman–Crippen MR) is 72.6 cm³/mol. The Kier molecular flexibility index (Phi) is 2.40. The van der Waals surface area contributed by atoms with Crippen molar-refractivity contribution in [3.8, 4) is 11.1 Å². The Balaban J connectivity index is 2.31. The number of pyridine rings is 2. The van der Waals surface area contributed by atoms with Crippen molar-refractivity contribution in [2.24, 2.45) is 0 Å². The summed E-state index contributed by atoms with van der Waals surface area (Å²) in [6.07, 6.45) is 7.78. The van der Waals surface area contributed by atoms with Gasteiger partial charge < -0.3 is 4.40 Å². The lowest BCUT2D eigenvalue weighted by Gasteiger charge is -2.10. The molecule has 18 heavy (non-hydrogen) atoms. The molecular formula is C15H15N3. The Labute approximate surface area is 106 Å². The van der Waals surface area contributed by atoms with Crippen molar-refractivity contribution in [1.29, 1.82) is 0 Å². The van der Waals surface area contributed by atoms with E-state index in [1.807, 2.05) is 18.6 Å². The monoisotopic (exact) mass is 237 g/mol. The third-order valence-corrected chi connectivity index (χ3v) is 3.31. The highest BCUT2D eigenvalue weighted by Crippen LogP contribution is 2.27. The lowest BCUT2D eigenvalue weighted by molar-refractivity contribution is 1.14. The minimum atomic E-state index is 1.01. The molecule has 0 saturated heterocycles. The predicted octanol–water partition coefficient (Wildman–Crippen LogP) is 3.32. The highest BCUT2D eigenvalue weighted by atomic mass is 15.0. The number of fused-ring (bicyclic) bond motifs is 1. The molecule has 0 unspecified atom stereocenters. The molecule has 0 saturated carbocycles. The highest BCUT2D eigenvalue weighted by Gasteiger charge is 2.09. The molecule has 0 amide bonds. The van der Waals surface area contributed by atoms with Crippen LogP contribution >= 0.6 is 0 Å². The molecule has 0 aliphatic rings. The maximum absolute atomic E-state index is 4.39. The molecule has 3 nitrogen and oxygen atoms in total. The van der Waals surface area contributed by atoms with Crippen LogP contribution in [0.25, 0.3) is 16.8 Å². The Morgan fingerprint density at radius 2 is 1.83 bits per heavy atom. The number of hydrogen-bond acceptors (Lipinski definition) is 2. The highest BCUT2D eigenvalue weighted by molar-refractivity contribution is 5.71. The van der Waals surface area contributed by atoms with Crippen molar-refractivity contribution >= 4 is 5.65 Å². The molecule has 0 aliphatic heterocycles. The molecule has 3 heterocycles. The van der Waals surface area contributed by atoms with Gasteiger partial charge in [0, 0.05) is 41.6 Å². The zero-order valence-electron chi connectivity index (χ0n) is 10.8. The van der Waals surface area contributed by atoms with E-state index in [1.165, 1.54) is 22.3 Å². The van der Waals surface area contributed by atoms with Gasteiger partial charge in [0.2, 0.25) is 0 Å². The molecule has 0 bridgehead atoms. The second-order valence-electron chi connectivity index (χ2n) is 4.66. The molecule has 0 atom stereocenters. The van der Waals surface area contributed by atoms with E-state index in [0.717, 1.165) is 11.3 Å². The van der Waals surface area contributed by atoms with Gasteiger partial charge in [0.15, 0.2) is 0 Å². The maximum Gasteiger partial charge on any atom is 0.139 e. The van der Waals surface area contributed by atoms with E-state index >= 15 is 0 Å². The van der Waals surface area contributed by atoms with Crippen LogP contribution in [0, 0.1) is 20.8 Å². The number of imidazole rings is 1. The van der Waals surface area contributed by atoms with Crippen LogP contribution in [0.1, 0.15) is 16.8 Å².